The molecule has 0 aliphatic carbocycles. The molecule has 1 aromatic heterocycles. The second kappa shape index (κ2) is 4.93. The number of carboxylic acids is 1. The van der Waals surface area contributed by atoms with Crippen LogP contribution < -0.4 is 4.90 Å². The summed E-state index contributed by atoms with van der Waals surface area (Å²) in [6.07, 6.45) is -4.10. The van der Waals surface area contributed by atoms with Gasteiger partial charge in [0, 0.05) is 18.7 Å². The van der Waals surface area contributed by atoms with Crippen molar-refractivity contribution in [3.05, 3.63) is 22.8 Å². The van der Waals surface area contributed by atoms with Crippen LogP contribution in [0.1, 0.15) is 18.4 Å². The molecule has 5 nitrogen and oxygen atoms in total. The van der Waals surface area contributed by atoms with Crippen molar-refractivity contribution < 1.29 is 27.9 Å². The molecule has 20 heavy (non-hydrogen) atoms. The molecular weight excluding hydrogens is 301 g/mol. The molecule has 1 N–H and O–H groups in total. The molecule has 0 radical (unpaired) electrons. The number of nitrogens with zero attached hydrogens (tertiary/aromatic N) is 2. The third kappa shape index (κ3) is 2.55. The fourth-order valence-corrected chi connectivity index (χ4v) is 2.22. The number of carbonyl (C=O) groups is 2. The highest BCUT2D eigenvalue weighted by Gasteiger charge is 2.39. The van der Waals surface area contributed by atoms with Gasteiger partial charge in [0.05, 0.1) is 10.6 Å². The zero-order valence-corrected chi connectivity index (χ0v) is 10.6. The number of hydrogen-bond acceptors (Lipinski definition) is 3. The topological polar surface area (TPSA) is 70.5 Å². The lowest BCUT2D eigenvalue weighted by Crippen LogP contribution is -2.39. The number of aliphatic carboxylic acids is 1. The average molecular weight is 309 g/mol. The zero-order valence-electron chi connectivity index (χ0n) is 9.82. The van der Waals surface area contributed by atoms with Crippen LogP contribution in [-0.4, -0.2) is 28.0 Å². The Morgan fingerprint density at radius 1 is 1.50 bits per heavy atom. The van der Waals surface area contributed by atoms with Crippen molar-refractivity contribution >= 4 is 29.3 Å². The molecule has 1 aliphatic heterocycles. The molecule has 0 spiro atoms. The summed E-state index contributed by atoms with van der Waals surface area (Å²) in [5.41, 5.74) is -1.14. The van der Waals surface area contributed by atoms with E-state index < -0.39 is 34.7 Å². The number of halogens is 4. The molecule has 0 saturated carbocycles. The van der Waals surface area contributed by atoms with Crippen molar-refractivity contribution in [1.82, 2.24) is 4.98 Å². The monoisotopic (exact) mass is 308 g/mol. The van der Waals surface area contributed by atoms with Gasteiger partial charge in [-0.1, -0.05) is 11.6 Å². The normalized spacial score (nSPS) is 19.5. The van der Waals surface area contributed by atoms with E-state index in [0.717, 1.165) is 11.0 Å². The second-order valence-electron chi connectivity index (χ2n) is 4.18. The number of amides is 1. The molecule has 1 saturated heterocycles. The van der Waals surface area contributed by atoms with Crippen molar-refractivity contribution in [3.63, 3.8) is 0 Å². The van der Waals surface area contributed by atoms with Crippen molar-refractivity contribution in [2.24, 2.45) is 0 Å². The number of carboxylic acid groups (broad SMARTS) is 1. The number of alkyl halides is 3. The summed E-state index contributed by atoms with van der Waals surface area (Å²) in [5, 5.41) is 8.35. The Kier molecular flexibility index (Phi) is 3.59. The third-order valence-electron chi connectivity index (χ3n) is 2.89. The van der Waals surface area contributed by atoms with E-state index in [1.807, 2.05) is 0 Å². The minimum atomic E-state index is -4.66. The minimum absolute atomic E-state index is 0.00269. The lowest BCUT2D eigenvalue weighted by atomic mass is 10.2. The number of pyridine rings is 1. The van der Waals surface area contributed by atoms with Crippen molar-refractivity contribution in [3.8, 4) is 0 Å². The van der Waals surface area contributed by atoms with Gasteiger partial charge in [0.2, 0.25) is 5.91 Å². The first-order valence-corrected chi connectivity index (χ1v) is 5.87. The van der Waals surface area contributed by atoms with Crippen LogP contribution in [-0.2, 0) is 15.8 Å². The van der Waals surface area contributed by atoms with E-state index in [9.17, 15) is 22.8 Å². The Morgan fingerprint density at radius 3 is 2.65 bits per heavy atom. The highest BCUT2D eigenvalue weighted by atomic mass is 35.5. The molecule has 2 rings (SSSR count). The first kappa shape index (κ1) is 14.6. The summed E-state index contributed by atoms with van der Waals surface area (Å²) in [4.78, 5) is 27.0. The maximum Gasteiger partial charge on any atom is 0.419 e. The summed E-state index contributed by atoms with van der Waals surface area (Å²) in [6.45, 7) is 0. The maximum atomic E-state index is 12.5. The lowest BCUT2D eigenvalue weighted by molar-refractivity contribution is -0.139. The summed E-state index contributed by atoms with van der Waals surface area (Å²) in [6, 6.07) is -0.286. The highest BCUT2D eigenvalue weighted by Crippen LogP contribution is 2.36. The van der Waals surface area contributed by atoms with Crippen LogP contribution in [0.15, 0.2) is 12.3 Å². The van der Waals surface area contributed by atoms with Crippen LogP contribution in [0.25, 0.3) is 0 Å². The Hall–Kier alpha value is -1.83. The van der Waals surface area contributed by atoms with E-state index in [0.29, 0.717) is 6.20 Å². The lowest BCUT2D eigenvalue weighted by Gasteiger charge is -2.21. The van der Waals surface area contributed by atoms with Gasteiger partial charge in [0.15, 0.2) is 0 Å². The molecule has 1 aliphatic rings. The molecular formula is C11H8ClF3N2O3. The van der Waals surface area contributed by atoms with E-state index >= 15 is 0 Å². The number of carbonyl (C=O) groups excluding carboxylic acids is 1. The van der Waals surface area contributed by atoms with Crippen LogP contribution in [0, 0.1) is 0 Å². The van der Waals surface area contributed by atoms with Gasteiger partial charge in [0.25, 0.3) is 0 Å². The quantitative estimate of drug-likeness (QED) is 0.910. The van der Waals surface area contributed by atoms with Crippen molar-refractivity contribution in [1.29, 1.82) is 0 Å². The van der Waals surface area contributed by atoms with Gasteiger partial charge in [-0.2, -0.15) is 13.2 Å². The van der Waals surface area contributed by atoms with Gasteiger partial charge in [-0.15, -0.1) is 0 Å². The second-order valence-corrected chi connectivity index (χ2v) is 4.58. The fraction of sp³-hybridized carbons (Fsp3) is 0.364. The largest absolute Gasteiger partial charge is 0.480 e. The fourth-order valence-electron chi connectivity index (χ4n) is 1.97. The average Bonchev–Trinajstić information content (AvgIpc) is 2.69. The van der Waals surface area contributed by atoms with Gasteiger partial charge < -0.3 is 5.11 Å². The Labute approximate surface area is 116 Å². The van der Waals surface area contributed by atoms with E-state index in [1.54, 1.807) is 0 Å². The number of aromatic nitrogens is 1. The number of anilines is 1. The Morgan fingerprint density at radius 2 is 2.15 bits per heavy atom. The summed E-state index contributed by atoms with van der Waals surface area (Å²) in [7, 11) is 0. The predicted octanol–water partition coefficient (Wildman–Crippen LogP) is 2.33. The van der Waals surface area contributed by atoms with Gasteiger partial charge in [-0.3, -0.25) is 9.69 Å². The van der Waals surface area contributed by atoms with Crippen LogP contribution in [0.4, 0.5) is 19.0 Å². The Balaban J connectivity index is 2.41. The number of rotatable bonds is 2. The Bertz CT molecular complexity index is 577. The smallest absolute Gasteiger partial charge is 0.419 e. The summed E-state index contributed by atoms with van der Waals surface area (Å²) < 4.78 is 37.6. The maximum absolute atomic E-state index is 12.5. The van der Waals surface area contributed by atoms with E-state index in [1.165, 1.54) is 0 Å². The summed E-state index contributed by atoms with van der Waals surface area (Å²) >= 11 is 5.52. The van der Waals surface area contributed by atoms with Gasteiger partial charge in [-0.05, 0) is 6.42 Å². The first-order valence-electron chi connectivity index (χ1n) is 5.49. The van der Waals surface area contributed by atoms with Gasteiger partial charge in [0.1, 0.15) is 11.9 Å². The molecule has 1 fully saturated rings. The van der Waals surface area contributed by atoms with Crippen LogP contribution in [0.2, 0.25) is 5.02 Å². The van der Waals surface area contributed by atoms with Crippen LogP contribution in [0.5, 0.6) is 0 Å². The zero-order chi connectivity index (χ0) is 15.1. The predicted molar refractivity (Wildman–Crippen MR) is 62.4 cm³/mol. The van der Waals surface area contributed by atoms with Crippen molar-refractivity contribution in [2.45, 2.75) is 25.1 Å². The van der Waals surface area contributed by atoms with E-state index in [-0.39, 0.29) is 18.7 Å². The van der Waals surface area contributed by atoms with Gasteiger partial charge >= 0.3 is 12.1 Å². The van der Waals surface area contributed by atoms with Gasteiger partial charge in [-0.25, -0.2) is 9.78 Å². The highest BCUT2D eigenvalue weighted by molar-refractivity contribution is 6.31. The molecule has 0 aromatic carbocycles. The van der Waals surface area contributed by atoms with Crippen molar-refractivity contribution in [2.75, 3.05) is 4.90 Å². The first-order chi connectivity index (χ1) is 9.21. The molecule has 108 valence electrons. The molecule has 1 amide bonds. The molecule has 2 heterocycles. The number of hydrogen-bond donors (Lipinski definition) is 1. The standard InChI is InChI=1S/C11H8ClF3N2O3/c12-6-3-8(16-4-5(6)11(13,14)15)17-7(10(19)20)1-2-9(17)18/h3-4,7H,1-2H2,(H,19,20)/t7-/m0/s1. The molecule has 1 aromatic rings. The molecule has 0 unspecified atom stereocenters. The SMILES string of the molecule is O=C(O)[C@@H]1CCC(=O)N1c1cc(Cl)c(C(F)(F)F)cn1. The summed E-state index contributed by atoms with van der Waals surface area (Å²) in [5.74, 6) is -1.95. The minimum Gasteiger partial charge on any atom is -0.480 e. The molecule has 1 atom stereocenters. The van der Waals surface area contributed by atoms with Crippen LogP contribution in [0.3, 0.4) is 0 Å². The van der Waals surface area contributed by atoms with E-state index in [4.69, 9.17) is 16.7 Å². The molecule has 9 heteroatoms. The molecule has 0 bridgehead atoms. The third-order valence-corrected chi connectivity index (χ3v) is 3.20. The van der Waals surface area contributed by atoms with E-state index in [2.05, 4.69) is 4.98 Å². The van der Waals surface area contributed by atoms with Crippen LogP contribution >= 0.6 is 11.6 Å².